The predicted octanol–water partition coefficient (Wildman–Crippen LogP) is 4.15. The van der Waals surface area contributed by atoms with E-state index in [-0.39, 0.29) is 6.61 Å². The molecule has 0 fully saturated rings. The maximum absolute atomic E-state index is 14.1. The zero-order valence-electron chi connectivity index (χ0n) is 14.5. The Morgan fingerprint density at radius 2 is 1.42 bits per heavy atom. The van der Waals surface area contributed by atoms with Gasteiger partial charge in [-0.2, -0.15) is 0 Å². The van der Waals surface area contributed by atoms with E-state index in [1.54, 1.807) is 0 Å². The van der Waals surface area contributed by atoms with Crippen molar-refractivity contribution in [1.29, 1.82) is 0 Å². The molecule has 0 rings (SSSR count). The van der Waals surface area contributed by atoms with Crippen LogP contribution in [0.3, 0.4) is 0 Å². The zero-order chi connectivity index (χ0) is 18.5. The Labute approximate surface area is 160 Å². The molecule has 0 aliphatic heterocycles. The van der Waals surface area contributed by atoms with Crippen molar-refractivity contribution in [2.24, 2.45) is 0 Å². The predicted molar refractivity (Wildman–Crippen MR) is 88.0 cm³/mol. The molecule has 0 aromatic carbocycles. The number of hydrogen-bond acceptors (Lipinski definition) is 3. The fraction of sp³-hybridized carbons (Fsp3) is 1.00. The minimum atomic E-state index is -4.60. The Morgan fingerprint density at radius 1 is 0.833 bits per heavy atom. The van der Waals surface area contributed by atoms with Crippen LogP contribution in [-0.4, -0.2) is 65.9 Å². The van der Waals surface area contributed by atoms with Crippen LogP contribution in [0.15, 0.2) is 0 Å². The van der Waals surface area contributed by atoms with E-state index in [2.05, 4.69) is 0 Å². The molecular weight excluding hydrogens is 549 g/mol. The van der Waals surface area contributed by atoms with Crippen molar-refractivity contribution < 1.29 is 29.5 Å². The Kier molecular flexibility index (Phi) is 14.9. The molecule has 0 aromatic heterocycles. The van der Waals surface area contributed by atoms with Crippen molar-refractivity contribution in [3.8, 4) is 0 Å². The van der Waals surface area contributed by atoms with Gasteiger partial charge in [0.15, 0.2) is 0 Å². The van der Waals surface area contributed by atoms with Gasteiger partial charge in [0.2, 0.25) is 0 Å². The Hall–Kier alpha value is 1.13. The van der Waals surface area contributed by atoms with Crippen molar-refractivity contribution in [2.45, 2.75) is 75.3 Å². The third-order valence-electron chi connectivity index (χ3n) is 3.30. The zero-order valence-corrected chi connectivity index (χ0v) is 21.8. The summed E-state index contributed by atoms with van der Waals surface area (Å²) < 4.78 is 77.2. The summed E-state index contributed by atoms with van der Waals surface area (Å²) in [6.07, 6.45) is -2.12. The standard InChI is InChI=1S/2C5H11O.C4H4F5.O.2Sn.3H/c2*1-2-3-4-5-6;5-3(6)1-2-4(7,8)9;;;;;;/h2*2-5H2,1H3;1-2H2;;;;;;/q2*-1;;;2*+1;;;. The van der Waals surface area contributed by atoms with Crippen molar-refractivity contribution >= 4 is 42.6 Å². The van der Waals surface area contributed by atoms with Crippen molar-refractivity contribution in [3.63, 3.8) is 0 Å². The third-order valence-corrected chi connectivity index (χ3v) is 18.6. The van der Waals surface area contributed by atoms with E-state index in [1.807, 2.05) is 13.8 Å². The monoisotopic (exact) mass is 580 g/mol. The summed E-state index contributed by atoms with van der Waals surface area (Å²) in [6.45, 7) is 4.62. The van der Waals surface area contributed by atoms with Crippen molar-refractivity contribution in [2.75, 3.05) is 13.2 Å². The molecule has 146 valence electrons. The van der Waals surface area contributed by atoms with Gasteiger partial charge in [0.05, 0.1) is 0 Å². The molecule has 3 nitrogen and oxygen atoms in total. The van der Waals surface area contributed by atoms with Crippen LogP contribution in [0.1, 0.15) is 65.2 Å². The van der Waals surface area contributed by atoms with Gasteiger partial charge in [0.1, 0.15) is 0 Å². The van der Waals surface area contributed by atoms with E-state index in [4.69, 9.17) is 7.56 Å². The molecule has 0 aliphatic carbocycles. The van der Waals surface area contributed by atoms with Gasteiger partial charge in [-0.3, -0.25) is 0 Å². The average Bonchev–Trinajstić information content (AvgIpc) is 2.50. The van der Waals surface area contributed by atoms with Gasteiger partial charge >= 0.3 is 161 Å². The molecule has 0 aromatic rings. The van der Waals surface area contributed by atoms with Crippen LogP contribution in [0.25, 0.3) is 0 Å². The molecule has 0 amide bonds. The quantitative estimate of drug-likeness (QED) is 0.166. The first-order chi connectivity index (χ1) is 11.2. The van der Waals surface area contributed by atoms with Gasteiger partial charge in [-0.25, -0.2) is 0 Å². The van der Waals surface area contributed by atoms with E-state index in [9.17, 15) is 22.0 Å². The number of alkyl halides is 5. The Bertz CT molecular complexity index is 307. The molecule has 0 bridgehead atoms. The molecule has 0 spiro atoms. The maximum atomic E-state index is 14.1. The molecule has 0 N–H and O–H groups in total. The van der Waals surface area contributed by atoms with E-state index in [1.165, 1.54) is 0 Å². The van der Waals surface area contributed by atoms with Gasteiger partial charge in [0.25, 0.3) is 0 Å². The van der Waals surface area contributed by atoms with E-state index >= 15 is 0 Å². The van der Waals surface area contributed by atoms with E-state index in [0.29, 0.717) is 13.0 Å². The molecule has 0 saturated carbocycles. The molecule has 0 heterocycles. The first-order valence-corrected chi connectivity index (χ1v) is 16.1. The van der Waals surface area contributed by atoms with Gasteiger partial charge in [-0.1, -0.05) is 0 Å². The van der Waals surface area contributed by atoms with Crippen molar-refractivity contribution in [1.82, 2.24) is 0 Å². The SMILES string of the molecule is CCCCC[O][SnH2][O][SnH]([O]CCCCC)[C](F)(F)CCC(F)(F)F. The van der Waals surface area contributed by atoms with Crippen LogP contribution >= 0.6 is 0 Å². The van der Waals surface area contributed by atoms with Crippen molar-refractivity contribution in [3.05, 3.63) is 0 Å². The number of halogens is 5. The molecule has 10 heteroatoms. The minimum absolute atomic E-state index is 0.137. The summed E-state index contributed by atoms with van der Waals surface area (Å²) in [6, 6.07) is 0. The topological polar surface area (TPSA) is 27.7 Å². The second-order valence-corrected chi connectivity index (χ2v) is 20.1. The summed E-state index contributed by atoms with van der Waals surface area (Å²) >= 11 is -6.59. The van der Waals surface area contributed by atoms with Crippen LogP contribution in [0, 0.1) is 0 Å². The van der Waals surface area contributed by atoms with Gasteiger partial charge in [-0.15, -0.1) is 0 Å². The number of unbranched alkanes of at least 4 members (excludes halogenated alkanes) is 4. The van der Waals surface area contributed by atoms with Crippen LogP contribution in [0.5, 0.6) is 0 Å². The Morgan fingerprint density at radius 3 is 1.96 bits per heavy atom. The fourth-order valence-electron chi connectivity index (χ4n) is 1.88. The van der Waals surface area contributed by atoms with Crippen LogP contribution in [-0.2, 0) is 7.56 Å². The summed E-state index contributed by atoms with van der Waals surface area (Å²) in [5, 5.41) is 0. The summed E-state index contributed by atoms with van der Waals surface area (Å²) in [5.41, 5.74) is 0. The molecule has 0 radical (unpaired) electrons. The summed E-state index contributed by atoms with van der Waals surface area (Å²) in [7, 11) is 0. The average molecular weight is 578 g/mol. The second kappa shape index (κ2) is 14.2. The first-order valence-electron chi connectivity index (χ1n) is 8.48. The Balaban J connectivity index is 4.37. The molecule has 1 unspecified atom stereocenters. The van der Waals surface area contributed by atoms with Crippen LogP contribution in [0.4, 0.5) is 22.0 Å². The van der Waals surface area contributed by atoms with Gasteiger partial charge in [0, 0.05) is 0 Å². The molecule has 0 saturated heterocycles. The van der Waals surface area contributed by atoms with E-state index in [0.717, 1.165) is 32.1 Å². The van der Waals surface area contributed by atoms with Crippen LogP contribution in [0.2, 0.25) is 0 Å². The van der Waals surface area contributed by atoms with Crippen LogP contribution < -0.4 is 0 Å². The molecule has 0 aliphatic rings. The first kappa shape index (κ1) is 25.1. The molecular formula is C14H29F5O3Sn2. The second-order valence-electron chi connectivity index (χ2n) is 5.69. The van der Waals surface area contributed by atoms with Gasteiger partial charge < -0.3 is 0 Å². The summed E-state index contributed by atoms with van der Waals surface area (Å²) in [4.78, 5) is 0. The summed E-state index contributed by atoms with van der Waals surface area (Å²) in [5.74, 6) is 0. The molecule has 24 heavy (non-hydrogen) atoms. The number of hydrogen-bond donors (Lipinski definition) is 0. The molecule has 1 atom stereocenters. The van der Waals surface area contributed by atoms with E-state index < -0.39 is 65.5 Å². The fourth-order valence-corrected chi connectivity index (χ4v) is 18.0. The number of rotatable bonds is 15. The third kappa shape index (κ3) is 14.3. The normalized spacial score (nSPS) is 14.6. The van der Waals surface area contributed by atoms with Gasteiger partial charge in [-0.05, 0) is 0 Å².